The van der Waals surface area contributed by atoms with Crippen LogP contribution in [0.1, 0.15) is 57.8 Å². The molecule has 0 aliphatic heterocycles. The van der Waals surface area contributed by atoms with E-state index in [0.717, 1.165) is 51.3 Å². The Morgan fingerprint density at radius 1 is 1.25 bits per heavy atom. The van der Waals surface area contributed by atoms with Gasteiger partial charge in [-0.15, -0.1) is 0 Å². The average Bonchev–Trinajstić information content (AvgIpc) is 3.27. The third-order valence-electron chi connectivity index (χ3n) is 5.17. The van der Waals surface area contributed by atoms with Gasteiger partial charge in [-0.2, -0.15) is 0 Å². The minimum absolute atomic E-state index is 0.173. The number of hydrogen-bond donors (Lipinski definition) is 3. The summed E-state index contributed by atoms with van der Waals surface area (Å²) in [7, 11) is 3.57. The van der Waals surface area contributed by atoms with Gasteiger partial charge in [0.2, 0.25) is 5.91 Å². The molecule has 0 heterocycles. The number of aliphatic imine (C=N–C) groups is 1. The van der Waals surface area contributed by atoms with Crippen molar-refractivity contribution in [1.82, 2.24) is 16.0 Å². The molecule has 0 radical (unpaired) electrons. The molecular weight excluding hydrogens is 304 g/mol. The number of methoxy groups -OCH3 is 1. The van der Waals surface area contributed by atoms with Gasteiger partial charge >= 0.3 is 0 Å². The van der Waals surface area contributed by atoms with Gasteiger partial charge in [-0.25, -0.2) is 0 Å². The van der Waals surface area contributed by atoms with E-state index in [4.69, 9.17) is 4.74 Å². The summed E-state index contributed by atoms with van der Waals surface area (Å²) in [5.74, 6) is 1.01. The number of nitrogens with one attached hydrogen (secondary N) is 3. The molecule has 2 aliphatic carbocycles. The first kappa shape index (κ1) is 19.0. The molecule has 0 aromatic rings. The maximum atomic E-state index is 11.7. The molecule has 138 valence electrons. The summed E-state index contributed by atoms with van der Waals surface area (Å²) >= 11 is 0. The molecule has 1 amide bonds. The summed E-state index contributed by atoms with van der Waals surface area (Å²) in [4.78, 5) is 16.0. The molecule has 2 fully saturated rings. The Morgan fingerprint density at radius 2 is 2.00 bits per heavy atom. The predicted octanol–water partition coefficient (Wildman–Crippen LogP) is 1.81. The van der Waals surface area contributed by atoms with E-state index in [2.05, 4.69) is 20.9 Å². The van der Waals surface area contributed by atoms with Crippen molar-refractivity contribution in [3.05, 3.63) is 0 Å². The maximum Gasteiger partial charge on any atom is 0.220 e. The van der Waals surface area contributed by atoms with Crippen molar-refractivity contribution in [1.29, 1.82) is 0 Å². The van der Waals surface area contributed by atoms with Crippen molar-refractivity contribution in [3.8, 4) is 0 Å². The molecule has 2 rings (SSSR count). The second-order valence-electron chi connectivity index (χ2n) is 7.25. The fourth-order valence-electron chi connectivity index (χ4n) is 3.43. The SMILES string of the molecule is CN=C(NCCCC(=O)NC1CC1)NCC1(CCOC)CCCC1. The van der Waals surface area contributed by atoms with Crippen LogP contribution in [0, 0.1) is 5.41 Å². The third-order valence-corrected chi connectivity index (χ3v) is 5.17. The molecule has 24 heavy (non-hydrogen) atoms. The van der Waals surface area contributed by atoms with E-state index in [1.54, 1.807) is 14.2 Å². The highest BCUT2D eigenvalue weighted by molar-refractivity contribution is 5.80. The fraction of sp³-hybridized carbons (Fsp3) is 0.889. The Balaban J connectivity index is 1.62. The van der Waals surface area contributed by atoms with E-state index < -0.39 is 0 Å². The first-order chi connectivity index (χ1) is 11.7. The molecule has 0 unspecified atom stereocenters. The Kier molecular flexibility index (Phi) is 7.82. The second-order valence-corrected chi connectivity index (χ2v) is 7.25. The zero-order valence-electron chi connectivity index (χ0n) is 15.3. The van der Waals surface area contributed by atoms with Gasteiger partial charge in [0.15, 0.2) is 5.96 Å². The lowest BCUT2D eigenvalue weighted by molar-refractivity contribution is -0.121. The van der Waals surface area contributed by atoms with E-state index in [-0.39, 0.29) is 5.91 Å². The molecule has 0 aromatic heterocycles. The van der Waals surface area contributed by atoms with Crippen molar-refractivity contribution >= 4 is 11.9 Å². The van der Waals surface area contributed by atoms with Crippen LogP contribution in [0.15, 0.2) is 4.99 Å². The zero-order valence-corrected chi connectivity index (χ0v) is 15.3. The van der Waals surface area contributed by atoms with Gasteiger partial charge in [0.05, 0.1) is 0 Å². The molecule has 0 saturated heterocycles. The topological polar surface area (TPSA) is 74.8 Å². The summed E-state index contributed by atoms with van der Waals surface area (Å²) in [6, 6.07) is 0.453. The molecule has 6 heteroatoms. The fourth-order valence-corrected chi connectivity index (χ4v) is 3.43. The number of nitrogens with zero attached hydrogens (tertiary/aromatic N) is 1. The van der Waals surface area contributed by atoms with Gasteiger partial charge in [-0.3, -0.25) is 9.79 Å². The lowest BCUT2D eigenvalue weighted by atomic mass is 9.83. The normalized spacial score (nSPS) is 20.0. The van der Waals surface area contributed by atoms with E-state index in [1.807, 2.05) is 0 Å². The van der Waals surface area contributed by atoms with Crippen LogP contribution in [0.25, 0.3) is 0 Å². The van der Waals surface area contributed by atoms with E-state index in [1.165, 1.54) is 25.7 Å². The molecule has 0 atom stereocenters. The van der Waals surface area contributed by atoms with E-state index >= 15 is 0 Å². The average molecular weight is 338 g/mol. The molecule has 0 aromatic carbocycles. The van der Waals surface area contributed by atoms with E-state index in [9.17, 15) is 4.79 Å². The highest BCUT2D eigenvalue weighted by atomic mass is 16.5. The Bertz CT molecular complexity index is 415. The summed E-state index contributed by atoms with van der Waals surface area (Å²) in [6.07, 6.45) is 9.96. The molecule has 0 spiro atoms. The summed E-state index contributed by atoms with van der Waals surface area (Å²) < 4.78 is 5.28. The van der Waals surface area contributed by atoms with Crippen LogP contribution >= 0.6 is 0 Å². The summed E-state index contributed by atoms with van der Waals surface area (Å²) in [5, 5.41) is 9.81. The van der Waals surface area contributed by atoms with Crippen molar-refractivity contribution < 1.29 is 9.53 Å². The lowest BCUT2D eigenvalue weighted by Crippen LogP contribution is -2.43. The van der Waals surface area contributed by atoms with Gasteiger partial charge in [-0.1, -0.05) is 12.8 Å². The standard InChI is InChI=1S/C18H34N4O2/c1-19-17(20-12-5-6-16(23)22-15-7-8-15)21-14-18(11-13-24-2)9-3-4-10-18/h15H,3-14H2,1-2H3,(H,22,23)(H2,19,20,21). The van der Waals surface area contributed by atoms with Crippen LogP contribution in [0.2, 0.25) is 0 Å². The second kappa shape index (κ2) is 9.87. The predicted molar refractivity (Wildman–Crippen MR) is 97.2 cm³/mol. The number of carbonyl (C=O) groups is 1. The first-order valence-electron chi connectivity index (χ1n) is 9.40. The van der Waals surface area contributed by atoms with Gasteiger partial charge in [0.1, 0.15) is 0 Å². The van der Waals surface area contributed by atoms with Gasteiger partial charge in [0.25, 0.3) is 0 Å². The maximum absolute atomic E-state index is 11.7. The first-order valence-corrected chi connectivity index (χ1v) is 9.40. The molecule has 2 saturated carbocycles. The molecule has 3 N–H and O–H groups in total. The lowest BCUT2D eigenvalue weighted by Gasteiger charge is -2.30. The van der Waals surface area contributed by atoms with Crippen molar-refractivity contribution in [2.24, 2.45) is 10.4 Å². The summed E-state index contributed by atoms with van der Waals surface area (Å²) in [5.41, 5.74) is 0.345. The van der Waals surface area contributed by atoms with Crippen LogP contribution in [0.3, 0.4) is 0 Å². The van der Waals surface area contributed by atoms with Crippen molar-refractivity contribution in [2.45, 2.75) is 63.8 Å². The number of rotatable bonds is 10. The smallest absolute Gasteiger partial charge is 0.220 e. The van der Waals surface area contributed by atoms with Crippen LogP contribution in [0.5, 0.6) is 0 Å². The minimum Gasteiger partial charge on any atom is -0.385 e. The number of ether oxygens (including phenoxy) is 1. The quantitative estimate of drug-likeness (QED) is 0.323. The molecule has 6 nitrogen and oxygen atoms in total. The molecule has 0 bridgehead atoms. The van der Waals surface area contributed by atoms with Crippen LogP contribution in [-0.4, -0.2) is 51.8 Å². The third kappa shape index (κ3) is 6.67. The Labute approximate surface area is 146 Å². The van der Waals surface area contributed by atoms with Gasteiger partial charge in [0, 0.05) is 46.3 Å². The monoisotopic (exact) mass is 338 g/mol. The highest BCUT2D eigenvalue weighted by Crippen LogP contribution is 2.40. The van der Waals surface area contributed by atoms with Crippen molar-refractivity contribution in [2.75, 3.05) is 33.9 Å². The number of guanidine groups is 1. The van der Waals surface area contributed by atoms with Crippen LogP contribution in [0.4, 0.5) is 0 Å². The van der Waals surface area contributed by atoms with Crippen LogP contribution in [-0.2, 0) is 9.53 Å². The molecule has 2 aliphatic rings. The summed E-state index contributed by atoms with van der Waals surface area (Å²) in [6.45, 7) is 2.53. The van der Waals surface area contributed by atoms with Crippen LogP contribution < -0.4 is 16.0 Å². The number of hydrogen-bond acceptors (Lipinski definition) is 3. The number of carbonyl (C=O) groups excluding carboxylic acids is 1. The minimum atomic E-state index is 0.173. The zero-order chi connectivity index (χ0) is 17.3. The van der Waals surface area contributed by atoms with E-state index in [0.29, 0.717) is 17.9 Å². The van der Waals surface area contributed by atoms with Crippen molar-refractivity contribution in [3.63, 3.8) is 0 Å². The highest BCUT2D eigenvalue weighted by Gasteiger charge is 2.33. The molecular formula is C18H34N4O2. The largest absolute Gasteiger partial charge is 0.385 e. The Hall–Kier alpha value is -1.30. The number of amides is 1. The van der Waals surface area contributed by atoms with Gasteiger partial charge in [-0.05, 0) is 43.9 Å². The van der Waals surface area contributed by atoms with Gasteiger partial charge < -0.3 is 20.7 Å². The Morgan fingerprint density at radius 3 is 2.62 bits per heavy atom.